The van der Waals surface area contributed by atoms with Crippen LogP contribution in [-0.4, -0.2) is 11.6 Å². The molecule has 0 spiro atoms. The van der Waals surface area contributed by atoms with Crippen LogP contribution in [0.5, 0.6) is 0 Å². The van der Waals surface area contributed by atoms with Crippen LogP contribution in [0.15, 0.2) is 23.7 Å². The number of fused-ring (bicyclic) bond motifs is 5. The second-order valence-electron chi connectivity index (χ2n) is 4.49. The van der Waals surface area contributed by atoms with E-state index >= 15 is 0 Å². The zero-order valence-corrected chi connectivity index (χ0v) is 7.40. The number of carbonyl (C=O) groups is 2. The summed E-state index contributed by atoms with van der Waals surface area (Å²) in [6.45, 7) is 0. The average molecular weight is 188 g/mol. The molecular formula is C11H8O3. The van der Waals surface area contributed by atoms with Crippen LogP contribution >= 0.6 is 0 Å². The lowest BCUT2D eigenvalue weighted by molar-refractivity contribution is -0.129. The van der Waals surface area contributed by atoms with Crippen molar-refractivity contribution in [1.29, 1.82) is 0 Å². The SMILES string of the molecule is O=C1C2=C(O2)C(=O)[C@H]2C3C=CC(C3)[C@@H]12. The van der Waals surface area contributed by atoms with E-state index in [0.29, 0.717) is 23.4 Å². The Morgan fingerprint density at radius 3 is 2.00 bits per heavy atom. The van der Waals surface area contributed by atoms with E-state index in [2.05, 4.69) is 12.2 Å². The molecule has 4 aliphatic rings. The highest BCUT2D eigenvalue weighted by molar-refractivity contribution is 6.17. The summed E-state index contributed by atoms with van der Waals surface area (Å²) in [5.74, 6) is 1.24. The highest BCUT2D eigenvalue weighted by atomic mass is 16.6. The molecule has 0 aromatic carbocycles. The van der Waals surface area contributed by atoms with Crippen LogP contribution in [-0.2, 0) is 14.3 Å². The van der Waals surface area contributed by atoms with Gasteiger partial charge in [-0.1, -0.05) is 12.2 Å². The lowest BCUT2D eigenvalue weighted by Crippen LogP contribution is -2.34. The Morgan fingerprint density at radius 1 is 1.00 bits per heavy atom. The molecule has 0 radical (unpaired) electrons. The van der Waals surface area contributed by atoms with Gasteiger partial charge >= 0.3 is 0 Å². The number of Topliss-reactive ketones (excluding diaryl/α,β-unsaturated/α-hetero) is 2. The Kier molecular flexibility index (Phi) is 0.923. The average Bonchev–Trinajstić information content (AvgIpc) is 2.74. The summed E-state index contributed by atoms with van der Waals surface area (Å²) in [6.07, 6.45) is 5.16. The molecule has 1 heterocycles. The Bertz CT molecular complexity index is 405. The summed E-state index contributed by atoms with van der Waals surface area (Å²) >= 11 is 0. The molecule has 0 N–H and O–H groups in total. The smallest absolute Gasteiger partial charge is 0.217 e. The topological polar surface area (TPSA) is 46.7 Å². The van der Waals surface area contributed by atoms with Gasteiger partial charge in [-0.15, -0.1) is 0 Å². The molecule has 2 bridgehead atoms. The largest absolute Gasteiger partial charge is 0.442 e. The number of hydrogen-bond acceptors (Lipinski definition) is 3. The molecule has 4 rings (SSSR count). The minimum absolute atomic E-state index is 0.0708. The molecule has 3 nitrogen and oxygen atoms in total. The summed E-state index contributed by atoms with van der Waals surface area (Å²) in [6, 6.07) is 0. The molecule has 0 amide bonds. The van der Waals surface area contributed by atoms with Crippen molar-refractivity contribution in [3.05, 3.63) is 23.7 Å². The molecule has 1 fully saturated rings. The van der Waals surface area contributed by atoms with Crippen molar-refractivity contribution in [1.82, 2.24) is 0 Å². The first-order chi connectivity index (χ1) is 6.77. The maximum Gasteiger partial charge on any atom is 0.217 e. The van der Waals surface area contributed by atoms with Crippen molar-refractivity contribution >= 4 is 11.6 Å². The Morgan fingerprint density at radius 2 is 1.50 bits per heavy atom. The van der Waals surface area contributed by atoms with Crippen LogP contribution in [0.2, 0.25) is 0 Å². The van der Waals surface area contributed by atoms with Crippen molar-refractivity contribution in [2.75, 3.05) is 0 Å². The minimum Gasteiger partial charge on any atom is -0.442 e. The zero-order valence-electron chi connectivity index (χ0n) is 7.40. The van der Waals surface area contributed by atoms with Gasteiger partial charge in [0.1, 0.15) is 0 Å². The molecule has 2 unspecified atom stereocenters. The predicted octanol–water partition coefficient (Wildman–Crippen LogP) is 0.818. The van der Waals surface area contributed by atoms with Gasteiger partial charge in [-0.2, -0.15) is 0 Å². The van der Waals surface area contributed by atoms with Gasteiger partial charge in [-0.05, 0) is 18.3 Å². The molecule has 70 valence electrons. The lowest BCUT2D eigenvalue weighted by atomic mass is 9.75. The van der Waals surface area contributed by atoms with Gasteiger partial charge in [-0.25, -0.2) is 0 Å². The third kappa shape index (κ3) is 0.567. The molecule has 14 heavy (non-hydrogen) atoms. The summed E-state index contributed by atoms with van der Waals surface area (Å²) in [5, 5.41) is 0. The van der Waals surface area contributed by atoms with Crippen molar-refractivity contribution in [2.24, 2.45) is 23.7 Å². The van der Waals surface area contributed by atoms with Crippen LogP contribution in [0.4, 0.5) is 0 Å². The van der Waals surface area contributed by atoms with Crippen molar-refractivity contribution < 1.29 is 14.3 Å². The van der Waals surface area contributed by atoms with E-state index in [9.17, 15) is 9.59 Å². The Hall–Kier alpha value is -1.38. The van der Waals surface area contributed by atoms with Gasteiger partial charge in [-0.3, -0.25) is 9.59 Å². The first-order valence-electron chi connectivity index (χ1n) is 4.96. The highest BCUT2D eigenvalue weighted by Crippen LogP contribution is 2.55. The van der Waals surface area contributed by atoms with Crippen molar-refractivity contribution in [3.8, 4) is 0 Å². The monoisotopic (exact) mass is 188 g/mol. The van der Waals surface area contributed by atoms with Crippen molar-refractivity contribution in [2.45, 2.75) is 6.42 Å². The fraction of sp³-hybridized carbons (Fsp3) is 0.455. The maximum absolute atomic E-state index is 11.8. The molecule has 0 aromatic heterocycles. The summed E-state index contributed by atoms with van der Waals surface area (Å²) in [5.41, 5.74) is 0. The van der Waals surface area contributed by atoms with Crippen molar-refractivity contribution in [3.63, 3.8) is 0 Å². The minimum atomic E-state index is -0.0984. The van der Waals surface area contributed by atoms with E-state index in [1.807, 2.05) is 0 Å². The summed E-state index contributed by atoms with van der Waals surface area (Å²) in [7, 11) is 0. The molecular weight excluding hydrogens is 180 g/mol. The van der Waals surface area contributed by atoms with E-state index in [1.54, 1.807) is 0 Å². The summed E-state index contributed by atoms with van der Waals surface area (Å²) < 4.78 is 4.97. The van der Waals surface area contributed by atoms with Crippen LogP contribution in [0, 0.1) is 23.7 Å². The second-order valence-corrected chi connectivity index (χ2v) is 4.49. The number of carbonyl (C=O) groups excluding carboxylic acids is 2. The van der Waals surface area contributed by atoms with Crippen LogP contribution in [0.25, 0.3) is 0 Å². The Balaban J connectivity index is 1.90. The fourth-order valence-corrected chi connectivity index (χ4v) is 3.24. The third-order valence-electron chi connectivity index (χ3n) is 3.88. The molecule has 4 atom stereocenters. The number of allylic oxidation sites excluding steroid dienone is 4. The van der Waals surface area contributed by atoms with E-state index in [0.717, 1.165) is 6.42 Å². The molecule has 3 aliphatic carbocycles. The maximum atomic E-state index is 11.8. The zero-order chi connectivity index (χ0) is 9.45. The molecule has 1 aliphatic heterocycles. The van der Waals surface area contributed by atoms with E-state index < -0.39 is 0 Å². The Labute approximate surface area is 80.4 Å². The second kappa shape index (κ2) is 1.85. The molecule has 1 saturated carbocycles. The first kappa shape index (κ1) is 6.98. The van der Waals surface area contributed by atoms with Crippen LogP contribution in [0.3, 0.4) is 0 Å². The number of rotatable bonds is 0. The van der Waals surface area contributed by atoms with Crippen LogP contribution < -0.4 is 0 Å². The van der Waals surface area contributed by atoms with Gasteiger partial charge in [0.15, 0.2) is 0 Å². The highest BCUT2D eigenvalue weighted by Gasteiger charge is 2.61. The molecule has 0 saturated heterocycles. The number of hydrogen-bond donors (Lipinski definition) is 0. The predicted molar refractivity (Wildman–Crippen MR) is 45.8 cm³/mol. The van der Waals surface area contributed by atoms with Crippen LogP contribution in [0.1, 0.15) is 6.42 Å². The fourth-order valence-electron chi connectivity index (χ4n) is 3.24. The normalized spacial score (nSPS) is 46.6. The number of ketones is 2. The quantitative estimate of drug-likeness (QED) is 0.529. The first-order valence-corrected chi connectivity index (χ1v) is 4.96. The van der Waals surface area contributed by atoms with Gasteiger partial charge in [0.2, 0.25) is 23.1 Å². The van der Waals surface area contributed by atoms with E-state index in [-0.39, 0.29) is 23.4 Å². The molecule has 3 heteroatoms. The third-order valence-corrected chi connectivity index (χ3v) is 3.88. The lowest BCUT2D eigenvalue weighted by Gasteiger charge is -2.23. The standard InChI is InChI=1S/C11H8O3/c12-8-6-4-1-2-5(3-4)7(6)9(13)11-10(8)14-11/h1-2,4-7H,3H2/t4?,5?,6-,7+. The van der Waals surface area contributed by atoms with Gasteiger partial charge in [0.05, 0.1) is 0 Å². The van der Waals surface area contributed by atoms with E-state index in [4.69, 9.17) is 4.74 Å². The van der Waals surface area contributed by atoms with Gasteiger partial charge in [0, 0.05) is 11.8 Å². The molecule has 0 aromatic rings. The van der Waals surface area contributed by atoms with Gasteiger partial charge < -0.3 is 4.74 Å². The summed E-state index contributed by atoms with van der Waals surface area (Å²) in [4.78, 5) is 23.6. The number of ether oxygens (including phenoxy) is 1. The van der Waals surface area contributed by atoms with Gasteiger partial charge in [0.25, 0.3) is 0 Å². The van der Waals surface area contributed by atoms with E-state index in [1.165, 1.54) is 0 Å².